The summed E-state index contributed by atoms with van der Waals surface area (Å²) < 4.78 is 0. The molecule has 0 aromatic heterocycles. The van der Waals surface area contributed by atoms with Crippen LogP contribution in [0.1, 0.15) is 46.5 Å². The molecule has 0 aromatic carbocycles. The normalized spacial score (nSPS) is 19.9. The van der Waals surface area contributed by atoms with Crippen LogP contribution >= 0.6 is 0 Å². The van der Waals surface area contributed by atoms with Crippen LogP contribution in [0.3, 0.4) is 0 Å². The highest BCUT2D eigenvalue weighted by molar-refractivity contribution is 5.81. The molecule has 1 amide bonds. The van der Waals surface area contributed by atoms with Gasteiger partial charge >= 0.3 is 0 Å². The SMILES string of the molecule is CCCN=C(NCC)NCCC(=O)N1CCCC(C)C1. The molecule has 5 heteroatoms. The van der Waals surface area contributed by atoms with Crippen LogP contribution in [0.5, 0.6) is 0 Å². The highest BCUT2D eigenvalue weighted by atomic mass is 16.2. The number of amides is 1. The maximum Gasteiger partial charge on any atom is 0.224 e. The van der Waals surface area contributed by atoms with E-state index in [0.29, 0.717) is 18.9 Å². The Labute approximate surface area is 123 Å². The summed E-state index contributed by atoms with van der Waals surface area (Å²) in [7, 11) is 0. The summed E-state index contributed by atoms with van der Waals surface area (Å²) in [6.07, 6.45) is 3.96. The van der Waals surface area contributed by atoms with E-state index < -0.39 is 0 Å². The fraction of sp³-hybridized carbons (Fsp3) is 0.867. The third-order valence-corrected chi connectivity index (χ3v) is 3.48. The van der Waals surface area contributed by atoms with Gasteiger partial charge in [-0.15, -0.1) is 0 Å². The van der Waals surface area contributed by atoms with Crippen molar-refractivity contribution in [2.45, 2.75) is 46.5 Å². The van der Waals surface area contributed by atoms with Crippen molar-refractivity contribution in [2.75, 3.05) is 32.7 Å². The molecule has 0 aromatic rings. The number of nitrogens with one attached hydrogen (secondary N) is 2. The average molecular weight is 282 g/mol. The summed E-state index contributed by atoms with van der Waals surface area (Å²) in [4.78, 5) is 18.6. The largest absolute Gasteiger partial charge is 0.357 e. The number of carbonyl (C=O) groups excluding carboxylic acids is 1. The molecule has 1 unspecified atom stereocenters. The second-order valence-electron chi connectivity index (χ2n) is 5.52. The van der Waals surface area contributed by atoms with Gasteiger partial charge in [-0.1, -0.05) is 13.8 Å². The van der Waals surface area contributed by atoms with Gasteiger partial charge in [-0.25, -0.2) is 0 Å². The first kappa shape index (κ1) is 16.8. The average Bonchev–Trinajstić information content (AvgIpc) is 2.44. The number of nitrogens with zero attached hydrogens (tertiary/aromatic N) is 2. The minimum Gasteiger partial charge on any atom is -0.357 e. The molecular weight excluding hydrogens is 252 g/mol. The third kappa shape index (κ3) is 6.26. The van der Waals surface area contributed by atoms with Crippen molar-refractivity contribution >= 4 is 11.9 Å². The maximum absolute atomic E-state index is 12.1. The third-order valence-electron chi connectivity index (χ3n) is 3.48. The number of hydrogen-bond acceptors (Lipinski definition) is 2. The molecule has 1 aliphatic heterocycles. The van der Waals surface area contributed by atoms with Gasteiger partial charge < -0.3 is 15.5 Å². The lowest BCUT2D eigenvalue weighted by Crippen LogP contribution is -2.42. The van der Waals surface area contributed by atoms with Gasteiger partial charge in [0.25, 0.3) is 0 Å². The number of piperidine rings is 1. The van der Waals surface area contributed by atoms with Gasteiger partial charge in [0.15, 0.2) is 5.96 Å². The zero-order valence-electron chi connectivity index (χ0n) is 13.2. The molecular formula is C15H30N4O. The summed E-state index contributed by atoms with van der Waals surface area (Å²) in [6.45, 7) is 10.5. The van der Waals surface area contributed by atoms with E-state index in [-0.39, 0.29) is 5.91 Å². The second-order valence-corrected chi connectivity index (χ2v) is 5.52. The van der Waals surface area contributed by atoms with Crippen molar-refractivity contribution in [1.29, 1.82) is 0 Å². The van der Waals surface area contributed by atoms with E-state index >= 15 is 0 Å². The second kappa shape index (κ2) is 9.61. The highest BCUT2D eigenvalue weighted by Gasteiger charge is 2.20. The van der Waals surface area contributed by atoms with Gasteiger partial charge in [-0.3, -0.25) is 9.79 Å². The number of hydrogen-bond donors (Lipinski definition) is 2. The Morgan fingerprint density at radius 1 is 1.35 bits per heavy atom. The van der Waals surface area contributed by atoms with E-state index in [0.717, 1.165) is 45.0 Å². The van der Waals surface area contributed by atoms with E-state index in [4.69, 9.17) is 0 Å². The molecule has 1 rings (SSSR count). The molecule has 1 atom stereocenters. The lowest BCUT2D eigenvalue weighted by Gasteiger charge is -2.31. The molecule has 0 radical (unpaired) electrons. The molecule has 1 heterocycles. The van der Waals surface area contributed by atoms with E-state index in [1.54, 1.807) is 0 Å². The van der Waals surface area contributed by atoms with Gasteiger partial charge in [0.1, 0.15) is 0 Å². The fourth-order valence-electron chi connectivity index (χ4n) is 2.43. The van der Waals surface area contributed by atoms with E-state index in [1.807, 2.05) is 11.8 Å². The maximum atomic E-state index is 12.1. The van der Waals surface area contributed by atoms with Gasteiger partial charge in [0.2, 0.25) is 5.91 Å². The predicted molar refractivity (Wildman–Crippen MR) is 83.9 cm³/mol. The summed E-state index contributed by atoms with van der Waals surface area (Å²) in [6, 6.07) is 0. The van der Waals surface area contributed by atoms with Gasteiger partial charge in [0.05, 0.1) is 0 Å². The Balaban J connectivity index is 2.28. The van der Waals surface area contributed by atoms with Crippen molar-refractivity contribution in [3.05, 3.63) is 0 Å². The van der Waals surface area contributed by atoms with E-state index in [9.17, 15) is 4.79 Å². The molecule has 1 aliphatic rings. The van der Waals surface area contributed by atoms with Crippen LogP contribution in [0, 0.1) is 5.92 Å². The van der Waals surface area contributed by atoms with Gasteiger partial charge in [-0.2, -0.15) is 0 Å². The van der Waals surface area contributed by atoms with Crippen molar-refractivity contribution < 1.29 is 4.79 Å². The molecule has 0 aliphatic carbocycles. The number of likely N-dealkylation sites (tertiary alicyclic amines) is 1. The van der Waals surface area contributed by atoms with Crippen LogP contribution in [0.4, 0.5) is 0 Å². The Morgan fingerprint density at radius 3 is 2.80 bits per heavy atom. The van der Waals surface area contributed by atoms with E-state index in [2.05, 4.69) is 29.5 Å². The Bertz CT molecular complexity index is 317. The Kier molecular flexibility index (Phi) is 8.07. The summed E-state index contributed by atoms with van der Waals surface area (Å²) in [5, 5.41) is 6.42. The number of aliphatic imine (C=N–C) groups is 1. The van der Waals surface area contributed by atoms with Gasteiger partial charge in [0, 0.05) is 39.1 Å². The molecule has 20 heavy (non-hydrogen) atoms. The highest BCUT2D eigenvalue weighted by Crippen LogP contribution is 2.15. The molecule has 0 saturated carbocycles. The quantitative estimate of drug-likeness (QED) is 0.575. The molecule has 0 spiro atoms. The minimum absolute atomic E-state index is 0.260. The summed E-state index contributed by atoms with van der Waals surface area (Å²) in [5.41, 5.74) is 0. The fourth-order valence-corrected chi connectivity index (χ4v) is 2.43. The smallest absolute Gasteiger partial charge is 0.224 e. The zero-order chi connectivity index (χ0) is 14.8. The molecule has 1 saturated heterocycles. The van der Waals surface area contributed by atoms with Crippen LogP contribution in [0.25, 0.3) is 0 Å². The first-order chi connectivity index (χ1) is 9.67. The first-order valence-electron chi connectivity index (χ1n) is 7.97. The zero-order valence-corrected chi connectivity index (χ0v) is 13.2. The Hall–Kier alpha value is -1.26. The van der Waals surface area contributed by atoms with Crippen molar-refractivity contribution in [2.24, 2.45) is 10.9 Å². The number of guanidine groups is 1. The molecule has 0 bridgehead atoms. The van der Waals surface area contributed by atoms with Crippen LogP contribution < -0.4 is 10.6 Å². The van der Waals surface area contributed by atoms with Crippen molar-refractivity contribution in [1.82, 2.24) is 15.5 Å². The van der Waals surface area contributed by atoms with Crippen LogP contribution in [0.2, 0.25) is 0 Å². The molecule has 1 fully saturated rings. The monoisotopic (exact) mass is 282 g/mol. The number of carbonyl (C=O) groups is 1. The summed E-state index contributed by atoms with van der Waals surface area (Å²) >= 11 is 0. The van der Waals surface area contributed by atoms with Crippen molar-refractivity contribution in [3.63, 3.8) is 0 Å². The lowest BCUT2D eigenvalue weighted by atomic mass is 10.00. The number of rotatable bonds is 6. The first-order valence-corrected chi connectivity index (χ1v) is 7.97. The van der Waals surface area contributed by atoms with Crippen LogP contribution in [-0.4, -0.2) is 49.5 Å². The van der Waals surface area contributed by atoms with E-state index in [1.165, 1.54) is 6.42 Å². The standard InChI is InChI=1S/C15H30N4O/c1-4-9-17-15(16-5-2)18-10-8-14(20)19-11-6-7-13(3)12-19/h13H,4-12H2,1-3H3,(H2,16,17,18). The summed E-state index contributed by atoms with van der Waals surface area (Å²) in [5.74, 6) is 1.72. The van der Waals surface area contributed by atoms with Crippen LogP contribution in [0.15, 0.2) is 4.99 Å². The Morgan fingerprint density at radius 2 is 2.15 bits per heavy atom. The minimum atomic E-state index is 0.260. The lowest BCUT2D eigenvalue weighted by molar-refractivity contribution is -0.132. The topological polar surface area (TPSA) is 56.7 Å². The molecule has 5 nitrogen and oxygen atoms in total. The molecule has 116 valence electrons. The van der Waals surface area contributed by atoms with Crippen molar-refractivity contribution in [3.8, 4) is 0 Å². The van der Waals surface area contributed by atoms with Gasteiger partial charge in [-0.05, 0) is 32.1 Å². The molecule has 2 N–H and O–H groups in total. The predicted octanol–water partition coefficient (Wildman–Crippen LogP) is 1.60. The van der Waals surface area contributed by atoms with Crippen LogP contribution in [-0.2, 0) is 4.79 Å².